The predicted molar refractivity (Wildman–Crippen MR) is 194 cm³/mol. The van der Waals surface area contributed by atoms with Gasteiger partial charge < -0.3 is 30.2 Å². The Morgan fingerprint density at radius 2 is 1.79 bits per heavy atom. The monoisotopic (exact) mass is 681 g/mol. The standard InChI is InChI=1S/C38H52ClN3O6/c1-25(2)21-33(37(45)47-9)48-28(5)38(6,7)24-40-36(44)35(41-30-19-20-32(46-8)31(39)23-30)42-34(43)16-11-10-13-26(3)17-18-29-15-12-14-27(4)22-29/h11-12,14-20,22-23,25-26,33,35,41H,5,10,13,21,24H2,1-4,6-9H3,(H,40,44)(H,42,43)/b16-11+,18-17+. The Morgan fingerprint density at radius 3 is 2.42 bits per heavy atom. The lowest BCUT2D eigenvalue weighted by Gasteiger charge is -2.31. The van der Waals surface area contributed by atoms with Crippen LogP contribution in [0.1, 0.15) is 65.0 Å². The second kappa shape index (κ2) is 19.5. The molecule has 0 heterocycles. The van der Waals surface area contributed by atoms with Crippen LogP contribution in [-0.4, -0.2) is 50.8 Å². The molecule has 0 saturated heterocycles. The van der Waals surface area contributed by atoms with Crippen LogP contribution in [0.4, 0.5) is 5.69 Å². The van der Waals surface area contributed by atoms with Crippen LogP contribution in [0, 0.1) is 24.2 Å². The molecular formula is C38H52ClN3O6. The molecule has 2 aromatic rings. The summed E-state index contributed by atoms with van der Waals surface area (Å²) in [5, 5.41) is 9.01. The number of anilines is 1. The van der Waals surface area contributed by atoms with Crippen LogP contribution < -0.4 is 20.7 Å². The van der Waals surface area contributed by atoms with E-state index in [9.17, 15) is 14.4 Å². The van der Waals surface area contributed by atoms with Crippen LogP contribution in [-0.2, 0) is 23.9 Å². The molecule has 0 fully saturated rings. The van der Waals surface area contributed by atoms with Gasteiger partial charge in [-0.15, -0.1) is 0 Å². The minimum Gasteiger partial charge on any atom is -0.495 e. The first-order chi connectivity index (χ1) is 22.6. The van der Waals surface area contributed by atoms with Gasteiger partial charge in [0.15, 0.2) is 12.3 Å². The molecule has 0 radical (unpaired) electrons. The zero-order chi connectivity index (χ0) is 35.9. The lowest BCUT2D eigenvalue weighted by atomic mass is 9.91. The maximum absolute atomic E-state index is 13.5. The number of carbonyl (C=O) groups is 3. The van der Waals surface area contributed by atoms with Crippen molar-refractivity contribution in [2.45, 2.75) is 73.1 Å². The number of amides is 2. The highest BCUT2D eigenvalue weighted by atomic mass is 35.5. The van der Waals surface area contributed by atoms with Gasteiger partial charge in [0.25, 0.3) is 5.91 Å². The lowest BCUT2D eigenvalue weighted by Crippen LogP contribution is -2.52. The minimum atomic E-state index is -1.14. The summed E-state index contributed by atoms with van der Waals surface area (Å²) in [5.41, 5.74) is 2.11. The van der Waals surface area contributed by atoms with E-state index in [0.717, 1.165) is 12.0 Å². The number of rotatable bonds is 19. The summed E-state index contributed by atoms with van der Waals surface area (Å²) in [6.07, 6.45) is 7.54. The number of hydrogen-bond donors (Lipinski definition) is 3. The fourth-order valence-corrected chi connectivity index (χ4v) is 4.82. The van der Waals surface area contributed by atoms with Crippen LogP contribution >= 0.6 is 11.6 Å². The molecule has 0 aliphatic heterocycles. The summed E-state index contributed by atoms with van der Waals surface area (Å²) in [7, 11) is 2.82. The first-order valence-electron chi connectivity index (χ1n) is 16.2. The highest BCUT2D eigenvalue weighted by Gasteiger charge is 2.31. The maximum atomic E-state index is 13.5. The number of hydrogen-bond acceptors (Lipinski definition) is 7. The quantitative estimate of drug-likeness (QED) is 0.0610. The van der Waals surface area contributed by atoms with Crippen LogP contribution in [0.3, 0.4) is 0 Å². The first kappa shape index (κ1) is 39.9. The second-order valence-electron chi connectivity index (χ2n) is 12.9. The Labute approximate surface area is 291 Å². The average molecular weight is 682 g/mol. The first-order valence-corrected chi connectivity index (χ1v) is 16.6. The smallest absolute Gasteiger partial charge is 0.347 e. The van der Waals surface area contributed by atoms with Crippen molar-refractivity contribution in [2.24, 2.45) is 17.3 Å². The number of benzene rings is 2. The molecule has 3 atom stereocenters. The van der Waals surface area contributed by atoms with Gasteiger partial charge in [-0.05, 0) is 67.9 Å². The number of ether oxygens (including phenoxy) is 3. The molecule has 2 amide bonds. The largest absolute Gasteiger partial charge is 0.495 e. The van der Waals surface area contributed by atoms with Gasteiger partial charge in [-0.1, -0.05) is 101 Å². The number of nitrogens with one attached hydrogen (secondary N) is 3. The Kier molecular flexibility index (Phi) is 16.3. The highest BCUT2D eigenvalue weighted by Crippen LogP contribution is 2.29. The van der Waals surface area contributed by atoms with Gasteiger partial charge in [0.2, 0.25) is 5.91 Å². The molecule has 0 aliphatic rings. The molecule has 3 unspecified atom stereocenters. The van der Waals surface area contributed by atoms with Gasteiger partial charge in [0.1, 0.15) is 5.75 Å². The van der Waals surface area contributed by atoms with E-state index < -0.39 is 35.5 Å². The van der Waals surface area contributed by atoms with Crippen molar-refractivity contribution in [3.8, 4) is 5.75 Å². The summed E-state index contributed by atoms with van der Waals surface area (Å²) in [4.78, 5) is 38.7. The Morgan fingerprint density at radius 1 is 1.06 bits per heavy atom. The van der Waals surface area contributed by atoms with E-state index in [-0.39, 0.29) is 12.5 Å². The van der Waals surface area contributed by atoms with Crippen LogP contribution in [0.25, 0.3) is 6.08 Å². The van der Waals surface area contributed by atoms with Crippen LogP contribution in [0.15, 0.2) is 73.0 Å². The molecule has 0 spiro atoms. The topological polar surface area (TPSA) is 115 Å². The van der Waals surface area contributed by atoms with Crippen molar-refractivity contribution in [1.29, 1.82) is 0 Å². The van der Waals surface area contributed by atoms with E-state index >= 15 is 0 Å². The lowest BCUT2D eigenvalue weighted by molar-refractivity contribution is -0.153. The van der Waals surface area contributed by atoms with Crippen LogP contribution in [0.5, 0.6) is 5.75 Å². The summed E-state index contributed by atoms with van der Waals surface area (Å²) in [6.45, 7) is 16.0. The molecule has 10 heteroatoms. The average Bonchev–Trinajstić information content (AvgIpc) is 3.03. The molecule has 2 rings (SSSR count). The van der Waals surface area contributed by atoms with Crippen molar-refractivity contribution >= 4 is 41.1 Å². The number of halogens is 1. The van der Waals surface area contributed by atoms with Gasteiger partial charge in [-0.3, -0.25) is 9.59 Å². The number of carbonyl (C=O) groups excluding carboxylic acids is 3. The van der Waals surface area contributed by atoms with Crippen LogP contribution in [0.2, 0.25) is 5.02 Å². The third kappa shape index (κ3) is 13.9. The van der Waals surface area contributed by atoms with Gasteiger partial charge in [-0.25, -0.2) is 4.79 Å². The minimum absolute atomic E-state index is 0.113. The summed E-state index contributed by atoms with van der Waals surface area (Å²) in [6, 6.07) is 13.3. The molecule has 0 aliphatic carbocycles. The number of esters is 1. The van der Waals surface area contributed by atoms with Crippen molar-refractivity contribution in [3.63, 3.8) is 0 Å². The normalized spacial score (nSPS) is 13.5. The maximum Gasteiger partial charge on any atom is 0.347 e. The van der Waals surface area contributed by atoms with Crippen molar-refractivity contribution in [2.75, 3.05) is 26.1 Å². The number of aryl methyl sites for hydroxylation is 1. The summed E-state index contributed by atoms with van der Waals surface area (Å²) < 4.78 is 16.1. The van der Waals surface area contributed by atoms with Crippen molar-refractivity contribution in [1.82, 2.24) is 10.6 Å². The molecule has 0 bridgehead atoms. The SMILES string of the molecule is C=C(OC(CC(C)C)C(=O)OC)C(C)(C)CNC(=O)C(NC(=O)/C=C/CCC(C)/C=C/c1cccc(C)c1)Nc1ccc(OC)c(Cl)c1. The third-order valence-corrected chi connectivity index (χ3v) is 7.92. The van der Waals surface area contributed by atoms with E-state index in [1.54, 1.807) is 24.3 Å². The van der Waals surface area contributed by atoms with E-state index in [0.29, 0.717) is 41.0 Å². The molecule has 9 nitrogen and oxygen atoms in total. The number of methoxy groups -OCH3 is 2. The van der Waals surface area contributed by atoms with E-state index in [2.05, 4.69) is 66.7 Å². The second-order valence-corrected chi connectivity index (χ2v) is 13.4. The Balaban J connectivity index is 2.08. The fraction of sp³-hybridized carbons (Fsp3) is 0.447. The van der Waals surface area contributed by atoms with Gasteiger partial charge in [0, 0.05) is 17.6 Å². The van der Waals surface area contributed by atoms with E-state index in [4.69, 9.17) is 25.8 Å². The van der Waals surface area contributed by atoms with E-state index in [1.807, 2.05) is 33.8 Å². The zero-order valence-corrected chi connectivity index (χ0v) is 30.3. The van der Waals surface area contributed by atoms with E-state index in [1.165, 1.54) is 25.9 Å². The Hall–Kier alpha value is -4.24. The van der Waals surface area contributed by atoms with Gasteiger partial charge >= 0.3 is 5.97 Å². The third-order valence-electron chi connectivity index (χ3n) is 7.62. The summed E-state index contributed by atoms with van der Waals surface area (Å²) in [5.74, 6) is -0.131. The van der Waals surface area contributed by atoms with Crippen molar-refractivity contribution in [3.05, 3.63) is 89.2 Å². The molecule has 262 valence electrons. The Bertz CT molecular complexity index is 1450. The highest BCUT2D eigenvalue weighted by molar-refractivity contribution is 6.32. The number of allylic oxidation sites excluding steroid dienone is 2. The molecule has 0 saturated carbocycles. The summed E-state index contributed by atoms with van der Waals surface area (Å²) >= 11 is 6.31. The molecule has 2 aromatic carbocycles. The zero-order valence-electron chi connectivity index (χ0n) is 29.5. The molecule has 48 heavy (non-hydrogen) atoms. The van der Waals surface area contributed by atoms with Gasteiger partial charge in [-0.2, -0.15) is 0 Å². The molecule has 0 aromatic heterocycles. The predicted octanol–water partition coefficient (Wildman–Crippen LogP) is 7.46. The van der Waals surface area contributed by atoms with Gasteiger partial charge in [0.05, 0.1) is 25.0 Å². The fourth-order valence-electron chi connectivity index (χ4n) is 4.57. The molecule has 3 N–H and O–H groups in total. The van der Waals surface area contributed by atoms with Crippen molar-refractivity contribution < 1.29 is 28.6 Å². The molecular weight excluding hydrogens is 630 g/mol.